The lowest BCUT2D eigenvalue weighted by Crippen LogP contribution is -2.31. The Morgan fingerprint density at radius 1 is 1.40 bits per heavy atom. The molecule has 1 unspecified atom stereocenters. The standard InChI is InChI=1S/C16H18N2O2/c1-10-7-8-20-15(10)16(19)18-14-4-2-3-11-9-12(17)5-6-13(11)14/h5-9,14H,2-4,17H2,1H3,(H,18,19). The summed E-state index contributed by atoms with van der Waals surface area (Å²) in [6, 6.07) is 7.75. The lowest BCUT2D eigenvalue weighted by molar-refractivity contribution is 0.0904. The number of benzene rings is 1. The zero-order valence-corrected chi connectivity index (χ0v) is 11.5. The monoisotopic (exact) mass is 270 g/mol. The van der Waals surface area contributed by atoms with E-state index in [1.165, 1.54) is 11.1 Å². The first kappa shape index (κ1) is 12.8. The summed E-state index contributed by atoms with van der Waals surface area (Å²) in [6.07, 6.45) is 4.56. The van der Waals surface area contributed by atoms with Crippen molar-refractivity contribution in [2.45, 2.75) is 32.2 Å². The molecule has 3 rings (SSSR count). The largest absolute Gasteiger partial charge is 0.459 e. The van der Waals surface area contributed by atoms with Crippen molar-refractivity contribution in [2.75, 3.05) is 5.73 Å². The molecule has 104 valence electrons. The van der Waals surface area contributed by atoms with Gasteiger partial charge in [0, 0.05) is 11.3 Å². The van der Waals surface area contributed by atoms with Gasteiger partial charge in [0.15, 0.2) is 5.76 Å². The average Bonchev–Trinajstić information content (AvgIpc) is 2.85. The number of rotatable bonds is 2. The van der Waals surface area contributed by atoms with Crippen molar-refractivity contribution in [1.82, 2.24) is 5.32 Å². The SMILES string of the molecule is Cc1ccoc1C(=O)NC1CCCc2cc(N)ccc21. The molecule has 0 aliphatic heterocycles. The molecule has 2 aromatic rings. The highest BCUT2D eigenvalue weighted by Crippen LogP contribution is 2.31. The average molecular weight is 270 g/mol. The Hall–Kier alpha value is -2.23. The molecule has 20 heavy (non-hydrogen) atoms. The number of aryl methyl sites for hydroxylation is 2. The third kappa shape index (κ3) is 2.29. The molecule has 0 bridgehead atoms. The van der Waals surface area contributed by atoms with E-state index in [2.05, 4.69) is 5.32 Å². The maximum absolute atomic E-state index is 12.2. The molecule has 0 fully saturated rings. The summed E-state index contributed by atoms with van der Waals surface area (Å²) in [5, 5.41) is 3.06. The molecular formula is C16H18N2O2. The molecule has 1 heterocycles. The fourth-order valence-corrected chi connectivity index (χ4v) is 2.81. The van der Waals surface area contributed by atoms with Gasteiger partial charge in [0.25, 0.3) is 5.91 Å². The van der Waals surface area contributed by atoms with Gasteiger partial charge < -0.3 is 15.5 Å². The van der Waals surface area contributed by atoms with Crippen LogP contribution in [0.1, 0.15) is 46.1 Å². The second kappa shape index (κ2) is 5.04. The predicted octanol–water partition coefficient (Wildman–Crippen LogP) is 2.98. The van der Waals surface area contributed by atoms with E-state index in [0.29, 0.717) is 5.76 Å². The van der Waals surface area contributed by atoms with Crippen LogP contribution in [-0.2, 0) is 6.42 Å². The summed E-state index contributed by atoms with van der Waals surface area (Å²) in [5.74, 6) is 0.245. The van der Waals surface area contributed by atoms with Gasteiger partial charge in [-0.05, 0) is 55.5 Å². The molecule has 0 spiro atoms. The molecule has 0 saturated heterocycles. The number of nitrogens with two attached hydrogens (primary N) is 1. The van der Waals surface area contributed by atoms with E-state index >= 15 is 0 Å². The number of carbonyl (C=O) groups is 1. The van der Waals surface area contributed by atoms with Crippen LogP contribution in [0.15, 0.2) is 34.9 Å². The Kier molecular flexibility index (Phi) is 3.22. The predicted molar refractivity (Wildman–Crippen MR) is 77.4 cm³/mol. The molecule has 1 aromatic heterocycles. The maximum Gasteiger partial charge on any atom is 0.287 e. The number of nitrogens with one attached hydrogen (secondary N) is 1. The highest BCUT2D eigenvalue weighted by Gasteiger charge is 2.23. The Morgan fingerprint density at radius 3 is 3.00 bits per heavy atom. The van der Waals surface area contributed by atoms with Gasteiger partial charge in [-0.25, -0.2) is 0 Å². The summed E-state index contributed by atoms with van der Waals surface area (Å²) in [5.41, 5.74) is 9.86. The lowest BCUT2D eigenvalue weighted by atomic mass is 9.87. The minimum atomic E-state index is -0.151. The topological polar surface area (TPSA) is 68.3 Å². The molecule has 4 nitrogen and oxygen atoms in total. The van der Waals surface area contributed by atoms with Gasteiger partial charge in [0.05, 0.1) is 12.3 Å². The van der Waals surface area contributed by atoms with Crippen LogP contribution >= 0.6 is 0 Å². The number of furan rings is 1. The van der Waals surface area contributed by atoms with E-state index in [0.717, 1.165) is 30.5 Å². The number of anilines is 1. The van der Waals surface area contributed by atoms with E-state index in [1.807, 2.05) is 25.1 Å². The molecule has 4 heteroatoms. The van der Waals surface area contributed by atoms with Crippen molar-refractivity contribution in [3.8, 4) is 0 Å². The molecule has 1 aliphatic rings. The van der Waals surface area contributed by atoms with Crippen molar-refractivity contribution in [1.29, 1.82) is 0 Å². The summed E-state index contributed by atoms with van der Waals surface area (Å²) in [7, 11) is 0. The minimum Gasteiger partial charge on any atom is -0.459 e. The first-order valence-electron chi connectivity index (χ1n) is 6.88. The van der Waals surface area contributed by atoms with Crippen molar-refractivity contribution < 1.29 is 9.21 Å². The van der Waals surface area contributed by atoms with Gasteiger partial charge in [0.2, 0.25) is 0 Å². The van der Waals surface area contributed by atoms with Gasteiger partial charge in [-0.2, -0.15) is 0 Å². The van der Waals surface area contributed by atoms with Crippen LogP contribution in [-0.4, -0.2) is 5.91 Å². The number of hydrogen-bond acceptors (Lipinski definition) is 3. The van der Waals surface area contributed by atoms with Crippen molar-refractivity contribution in [3.05, 3.63) is 53.0 Å². The van der Waals surface area contributed by atoms with Crippen LogP contribution < -0.4 is 11.1 Å². The van der Waals surface area contributed by atoms with Crippen LogP contribution in [0.4, 0.5) is 5.69 Å². The van der Waals surface area contributed by atoms with E-state index in [-0.39, 0.29) is 11.9 Å². The molecule has 3 N–H and O–H groups in total. The molecular weight excluding hydrogens is 252 g/mol. The molecule has 1 aromatic carbocycles. The smallest absolute Gasteiger partial charge is 0.287 e. The number of amides is 1. The third-order valence-corrected chi connectivity index (χ3v) is 3.86. The van der Waals surface area contributed by atoms with Crippen molar-refractivity contribution in [3.63, 3.8) is 0 Å². The van der Waals surface area contributed by atoms with Gasteiger partial charge >= 0.3 is 0 Å². The van der Waals surface area contributed by atoms with E-state index in [1.54, 1.807) is 12.3 Å². The fraction of sp³-hybridized carbons (Fsp3) is 0.312. The highest BCUT2D eigenvalue weighted by atomic mass is 16.3. The molecule has 0 saturated carbocycles. The van der Waals surface area contributed by atoms with E-state index < -0.39 is 0 Å². The number of carbonyl (C=O) groups excluding carboxylic acids is 1. The van der Waals surface area contributed by atoms with Crippen LogP contribution in [0, 0.1) is 6.92 Å². The van der Waals surface area contributed by atoms with Crippen LogP contribution in [0.2, 0.25) is 0 Å². The first-order chi connectivity index (χ1) is 9.65. The molecule has 1 aliphatic carbocycles. The lowest BCUT2D eigenvalue weighted by Gasteiger charge is -2.26. The highest BCUT2D eigenvalue weighted by molar-refractivity contribution is 5.93. The van der Waals surface area contributed by atoms with Gasteiger partial charge in [0.1, 0.15) is 0 Å². The zero-order valence-electron chi connectivity index (χ0n) is 11.5. The van der Waals surface area contributed by atoms with Crippen molar-refractivity contribution in [2.24, 2.45) is 0 Å². The first-order valence-corrected chi connectivity index (χ1v) is 6.88. The fourth-order valence-electron chi connectivity index (χ4n) is 2.81. The van der Waals surface area contributed by atoms with Crippen molar-refractivity contribution >= 4 is 11.6 Å². The minimum absolute atomic E-state index is 0.0383. The summed E-state index contributed by atoms with van der Waals surface area (Å²) < 4.78 is 5.24. The Balaban J connectivity index is 1.83. The van der Waals surface area contributed by atoms with Crippen LogP contribution in [0.3, 0.4) is 0 Å². The summed E-state index contributed by atoms with van der Waals surface area (Å²) in [4.78, 5) is 12.2. The molecule has 0 radical (unpaired) electrons. The normalized spacial score (nSPS) is 17.6. The van der Waals surface area contributed by atoms with Gasteiger partial charge in [-0.15, -0.1) is 0 Å². The van der Waals surface area contributed by atoms with Crippen LogP contribution in [0.5, 0.6) is 0 Å². The van der Waals surface area contributed by atoms with Gasteiger partial charge in [-0.1, -0.05) is 6.07 Å². The second-order valence-corrected chi connectivity index (χ2v) is 5.31. The van der Waals surface area contributed by atoms with Crippen LogP contribution in [0.25, 0.3) is 0 Å². The van der Waals surface area contributed by atoms with E-state index in [4.69, 9.17) is 10.2 Å². The second-order valence-electron chi connectivity index (χ2n) is 5.31. The molecule has 1 atom stereocenters. The quantitative estimate of drug-likeness (QED) is 0.824. The number of fused-ring (bicyclic) bond motifs is 1. The third-order valence-electron chi connectivity index (χ3n) is 3.86. The van der Waals surface area contributed by atoms with Gasteiger partial charge in [-0.3, -0.25) is 4.79 Å². The number of hydrogen-bond donors (Lipinski definition) is 2. The summed E-state index contributed by atoms with van der Waals surface area (Å²) in [6.45, 7) is 1.87. The zero-order chi connectivity index (χ0) is 14.1. The Bertz CT molecular complexity index is 646. The number of nitrogen functional groups attached to an aromatic ring is 1. The Morgan fingerprint density at radius 2 is 2.25 bits per heavy atom. The maximum atomic E-state index is 12.2. The summed E-state index contributed by atoms with van der Waals surface area (Å²) >= 11 is 0. The molecule has 1 amide bonds. The Labute approximate surface area is 118 Å². The van der Waals surface area contributed by atoms with E-state index in [9.17, 15) is 4.79 Å².